The smallest absolute Gasteiger partial charge is 0.226 e. The van der Waals surface area contributed by atoms with Gasteiger partial charge in [-0.15, -0.1) is 0 Å². The highest BCUT2D eigenvalue weighted by Crippen LogP contribution is 2.16. The predicted octanol–water partition coefficient (Wildman–Crippen LogP) is 2.69. The van der Waals surface area contributed by atoms with E-state index in [1.54, 1.807) is 4.90 Å². The molecule has 0 aliphatic carbocycles. The third kappa shape index (κ3) is 5.76. The minimum atomic E-state index is 0.0716. The lowest BCUT2D eigenvalue weighted by Crippen LogP contribution is -2.38. The largest absolute Gasteiger partial charge is 0.493 e. The van der Waals surface area contributed by atoms with Crippen LogP contribution < -0.4 is 4.74 Å². The molecule has 21 heavy (non-hydrogen) atoms. The lowest BCUT2D eigenvalue weighted by atomic mass is 10.1. The summed E-state index contributed by atoms with van der Waals surface area (Å²) >= 11 is 0. The molecule has 0 bridgehead atoms. The van der Waals surface area contributed by atoms with E-state index in [0.29, 0.717) is 26.0 Å². The van der Waals surface area contributed by atoms with Gasteiger partial charge in [-0.1, -0.05) is 6.07 Å². The van der Waals surface area contributed by atoms with Gasteiger partial charge in [-0.2, -0.15) is 0 Å². The Hall–Kier alpha value is -1.55. The fourth-order valence-electron chi connectivity index (χ4n) is 2.12. The molecule has 118 valence electrons. The third-order valence-electron chi connectivity index (χ3n) is 3.56. The first-order valence-electron chi connectivity index (χ1n) is 7.56. The molecule has 0 spiro atoms. The molecule has 0 fully saturated rings. The van der Waals surface area contributed by atoms with Crippen LogP contribution in [0.25, 0.3) is 0 Å². The van der Waals surface area contributed by atoms with E-state index in [1.807, 2.05) is 39.0 Å². The predicted molar refractivity (Wildman–Crippen MR) is 84.6 cm³/mol. The van der Waals surface area contributed by atoms with Crippen LogP contribution >= 0.6 is 0 Å². The van der Waals surface area contributed by atoms with Gasteiger partial charge in [0.15, 0.2) is 0 Å². The zero-order chi connectivity index (χ0) is 15.8. The molecule has 1 aromatic carbocycles. The van der Waals surface area contributed by atoms with Crippen LogP contribution in [0, 0.1) is 13.8 Å². The Balaban J connectivity index is 2.45. The Morgan fingerprint density at radius 1 is 1.29 bits per heavy atom. The molecule has 1 amide bonds. The lowest BCUT2D eigenvalue weighted by molar-refractivity contribution is -0.133. The highest BCUT2D eigenvalue weighted by atomic mass is 16.5. The fraction of sp³-hybridized carbons (Fsp3) is 0.588. The Morgan fingerprint density at radius 3 is 2.57 bits per heavy atom. The van der Waals surface area contributed by atoms with Crippen LogP contribution in [0.1, 0.15) is 37.8 Å². The summed E-state index contributed by atoms with van der Waals surface area (Å²) in [7, 11) is 0. The van der Waals surface area contributed by atoms with E-state index in [9.17, 15) is 4.79 Å². The van der Waals surface area contributed by atoms with Crippen LogP contribution in [-0.2, 0) is 4.79 Å². The molecular weight excluding hydrogens is 266 g/mol. The summed E-state index contributed by atoms with van der Waals surface area (Å²) < 4.78 is 5.65. The Kier molecular flexibility index (Phi) is 7.23. The van der Waals surface area contributed by atoms with Crippen molar-refractivity contribution in [2.24, 2.45) is 0 Å². The van der Waals surface area contributed by atoms with Crippen molar-refractivity contribution in [2.45, 2.75) is 46.6 Å². The van der Waals surface area contributed by atoms with Gasteiger partial charge in [0, 0.05) is 19.2 Å². The number of hydrogen-bond donors (Lipinski definition) is 1. The Bertz CT molecular complexity index is 457. The number of rotatable bonds is 8. The molecule has 0 saturated heterocycles. The number of benzene rings is 1. The van der Waals surface area contributed by atoms with Crippen molar-refractivity contribution in [3.05, 3.63) is 29.3 Å². The molecule has 1 aromatic rings. The summed E-state index contributed by atoms with van der Waals surface area (Å²) in [6, 6.07) is 6.09. The average Bonchev–Trinajstić information content (AvgIpc) is 2.43. The third-order valence-corrected chi connectivity index (χ3v) is 3.56. The molecule has 0 aliphatic rings. The number of hydrogen-bond acceptors (Lipinski definition) is 3. The molecule has 0 radical (unpaired) electrons. The monoisotopic (exact) mass is 293 g/mol. The summed E-state index contributed by atoms with van der Waals surface area (Å²) in [5, 5.41) is 8.89. The quantitative estimate of drug-likeness (QED) is 0.801. The number of ether oxygens (including phenoxy) is 1. The van der Waals surface area contributed by atoms with Gasteiger partial charge in [0.1, 0.15) is 5.75 Å². The zero-order valence-electron chi connectivity index (χ0n) is 13.6. The van der Waals surface area contributed by atoms with Crippen molar-refractivity contribution in [3.8, 4) is 5.75 Å². The number of carbonyl (C=O) groups is 1. The van der Waals surface area contributed by atoms with Crippen molar-refractivity contribution in [2.75, 3.05) is 19.8 Å². The maximum atomic E-state index is 12.2. The first kappa shape index (κ1) is 17.5. The Labute approximate surface area is 127 Å². The molecule has 4 heteroatoms. The van der Waals surface area contributed by atoms with Crippen molar-refractivity contribution in [1.29, 1.82) is 0 Å². The van der Waals surface area contributed by atoms with Gasteiger partial charge in [-0.05, 0) is 57.4 Å². The van der Waals surface area contributed by atoms with Crippen molar-refractivity contribution < 1.29 is 14.6 Å². The second-order valence-electron chi connectivity index (χ2n) is 5.60. The molecule has 0 heterocycles. The topological polar surface area (TPSA) is 49.8 Å². The van der Waals surface area contributed by atoms with Gasteiger partial charge in [0.05, 0.1) is 13.0 Å². The number of carbonyl (C=O) groups excluding carboxylic acids is 1. The Morgan fingerprint density at radius 2 is 2.00 bits per heavy atom. The van der Waals surface area contributed by atoms with Crippen LogP contribution in [0.5, 0.6) is 5.75 Å². The van der Waals surface area contributed by atoms with Crippen LogP contribution in [0.2, 0.25) is 0 Å². The van der Waals surface area contributed by atoms with Gasteiger partial charge in [0.2, 0.25) is 5.91 Å². The van der Waals surface area contributed by atoms with Crippen molar-refractivity contribution in [1.82, 2.24) is 4.90 Å². The summed E-state index contributed by atoms with van der Waals surface area (Å²) in [6.07, 6.45) is 0.971. The molecule has 4 nitrogen and oxygen atoms in total. The van der Waals surface area contributed by atoms with Gasteiger partial charge in [0.25, 0.3) is 0 Å². The second kappa shape index (κ2) is 8.67. The number of amides is 1. The summed E-state index contributed by atoms with van der Waals surface area (Å²) in [5.74, 6) is 0.875. The summed E-state index contributed by atoms with van der Waals surface area (Å²) in [6.45, 7) is 9.15. The maximum Gasteiger partial charge on any atom is 0.226 e. The van der Waals surface area contributed by atoms with E-state index in [0.717, 1.165) is 5.75 Å². The minimum absolute atomic E-state index is 0.0716. The maximum absolute atomic E-state index is 12.2. The molecular formula is C17H27NO3. The van der Waals surface area contributed by atoms with Crippen molar-refractivity contribution >= 4 is 5.91 Å². The highest BCUT2D eigenvalue weighted by Gasteiger charge is 2.16. The highest BCUT2D eigenvalue weighted by molar-refractivity contribution is 5.76. The first-order chi connectivity index (χ1) is 9.95. The number of nitrogens with zero attached hydrogens (tertiary/aromatic N) is 1. The van der Waals surface area contributed by atoms with Gasteiger partial charge < -0.3 is 14.7 Å². The number of aliphatic hydroxyl groups is 1. The van der Waals surface area contributed by atoms with Crippen LogP contribution in [-0.4, -0.2) is 41.7 Å². The van der Waals surface area contributed by atoms with Crippen LogP contribution in [0.4, 0.5) is 0 Å². The first-order valence-corrected chi connectivity index (χ1v) is 7.56. The molecule has 0 saturated carbocycles. The SMILES string of the molecule is Cc1ccc(OCCC(=O)N(CCCO)C(C)C)cc1C. The van der Waals surface area contributed by atoms with E-state index in [1.165, 1.54) is 11.1 Å². The molecule has 0 aromatic heterocycles. The second-order valence-corrected chi connectivity index (χ2v) is 5.60. The van der Waals surface area contributed by atoms with Gasteiger partial charge >= 0.3 is 0 Å². The summed E-state index contributed by atoms with van der Waals surface area (Å²) in [5.41, 5.74) is 2.42. The molecule has 0 aliphatic heterocycles. The van der Waals surface area contributed by atoms with Gasteiger partial charge in [-0.3, -0.25) is 4.79 Å². The number of aryl methyl sites for hydroxylation is 2. The lowest BCUT2D eigenvalue weighted by Gasteiger charge is -2.26. The van der Waals surface area contributed by atoms with Gasteiger partial charge in [-0.25, -0.2) is 0 Å². The van der Waals surface area contributed by atoms with E-state index < -0.39 is 0 Å². The van der Waals surface area contributed by atoms with Crippen LogP contribution in [0.15, 0.2) is 18.2 Å². The normalized spacial score (nSPS) is 10.8. The minimum Gasteiger partial charge on any atom is -0.493 e. The fourth-order valence-corrected chi connectivity index (χ4v) is 2.12. The molecule has 0 unspecified atom stereocenters. The average molecular weight is 293 g/mol. The summed E-state index contributed by atoms with van der Waals surface area (Å²) in [4.78, 5) is 14.0. The van der Waals surface area contributed by atoms with E-state index in [-0.39, 0.29) is 18.6 Å². The van der Waals surface area contributed by atoms with E-state index in [4.69, 9.17) is 9.84 Å². The zero-order valence-corrected chi connectivity index (χ0v) is 13.6. The standard InChI is InChI=1S/C17H27NO3/c1-13(2)18(9-5-10-19)17(20)8-11-21-16-7-6-14(3)15(4)12-16/h6-7,12-13,19H,5,8-11H2,1-4H3. The molecule has 1 N–H and O–H groups in total. The molecule has 1 rings (SSSR count). The van der Waals surface area contributed by atoms with E-state index >= 15 is 0 Å². The van der Waals surface area contributed by atoms with Crippen LogP contribution in [0.3, 0.4) is 0 Å². The van der Waals surface area contributed by atoms with E-state index in [2.05, 4.69) is 6.92 Å². The molecule has 0 atom stereocenters. The number of aliphatic hydroxyl groups excluding tert-OH is 1. The van der Waals surface area contributed by atoms with Crippen molar-refractivity contribution in [3.63, 3.8) is 0 Å².